The van der Waals surface area contributed by atoms with E-state index >= 15 is 0 Å². The molecule has 1 heterocycles. The second-order valence-electron chi connectivity index (χ2n) is 7.52. The first-order valence-corrected chi connectivity index (χ1v) is 10.1. The Morgan fingerprint density at radius 3 is 2.26 bits per heavy atom. The van der Waals surface area contributed by atoms with E-state index in [1.807, 2.05) is 61.0 Å². The van der Waals surface area contributed by atoms with Crippen molar-refractivity contribution < 1.29 is 9.59 Å². The third kappa shape index (κ3) is 4.78. The van der Waals surface area contributed by atoms with Gasteiger partial charge in [-0.1, -0.05) is 54.6 Å². The fourth-order valence-electron chi connectivity index (χ4n) is 3.52. The van der Waals surface area contributed by atoms with Crippen LogP contribution in [0.5, 0.6) is 0 Å². The van der Waals surface area contributed by atoms with Gasteiger partial charge in [-0.2, -0.15) is 5.10 Å². The van der Waals surface area contributed by atoms with Crippen molar-refractivity contribution in [2.45, 2.75) is 20.4 Å². The molecule has 0 aliphatic carbocycles. The lowest BCUT2D eigenvalue weighted by atomic mass is 10.0. The van der Waals surface area contributed by atoms with Crippen LogP contribution >= 0.6 is 0 Å². The molecule has 3 aromatic carbocycles. The second kappa shape index (κ2) is 8.79. The molecule has 4 aromatic rings. The summed E-state index contributed by atoms with van der Waals surface area (Å²) >= 11 is 0. The van der Waals surface area contributed by atoms with Crippen LogP contribution in [0.3, 0.4) is 0 Å². The molecule has 0 radical (unpaired) electrons. The van der Waals surface area contributed by atoms with Gasteiger partial charge >= 0.3 is 0 Å². The van der Waals surface area contributed by atoms with Gasteiger partial charge < -0.3 is 5.32 Å². The third-order valence-corrected chi connectivity index (χ3v) is 5.04. The predicted molar refractivity (Wildman–Crippen MR) is 122 cm³/mol. The van der Waals surface area contributed by atoms with E-state index in [4.69, 9.17) is 0 Å². The van der Waals surface area contributed by atoms with Gasteiger partial charge in [-0.15, -0.1) is 0 Å². The first kappa shape index (κ1) is 20.3. The molecule has 0 saturated carbocycles. The van der Waals surface area contributed by atoms with Crippen LogP contribution in [0.2, 0.25) is 0 Å². The first-order valence-electron chi connectivity index (χ1n) is 10.1. The zero-order valence-corrected chi connectivity index (χ0v) is 17.5. The van der Waals surface area contributed by atoms with Gasteiger partial charge in [0.25, 0.3) is 5.91 Å². The largest absolute Gasteiger partial charge is 0.322 e. The molecule has 0 aliphatic rings. The van der Waals surface area contributed by atoms with Crippen molar-refractivity contribution in [2.75, 3.05) is 5.32 Å². The van der Waals surface area contributed by atoms with Crippen molar-refractivity contribution in [1.29, 1.82) is 0 Å². The molecule has 0 spiro atoms. The molecule has 0 unspecified atom stereocenters. The molecule has 31 heavy (non-hydrogen) atoms. The Kier molecular flexibility index (Phi) is 5.76. The standard InChI is InChI=1S/C26H23N3O2/c1-18-14-19(2)29(28-18)17-20-8-6-12-23(15-20)26(31)27-24-13-7-11-22(16-24)25(30)21-9-4-3-5-10-21/h3-16H,17H2,1-2H3,(H,27,31). The van der Waals surface area contributed by atoms with Gasteiger partial charge in [-0.25, -0.2) is 0 Å². The average Bonchev–Trinajstić information content (AvgIpc) is 3.10. The molecule has 5 heteroatoms. The molecule has 0 bridgehead atoms. The van der Waals surface area contributed by atoms with Crippen molar-refractivity contribution >= 4 is 17.4 Å². The zero-order valence-electron chi connectivity index (χ0n) is 17.5. The minimum absolute atomic E-state index is 0.0800. The molecular formula is C26H23N3O2. The Morgan fingerprint density at radius 2 is 1.52 bits per heavy atom. The highest BCUT2D eigenvalue weighted by Gasteiger charge is 2.12. The highest BCUT2D eigenvalue weighted by Crippen LogP contribution is 2.17. The highest BCUT2D eigenvalue weighted by atomic mass is 16.1. The number of carbonyl (C=O) groups is 2. The topological polar surface area (TPSA) is 64.0 Å². The lowest BCUT2D eigenvalue weighted by Crippen LogP contribution is -2.13. The monoisotopic (exact) mass is 409 g/mol. The molecule has 1 amide bonds. The number of ketones is 1. The van der Waals surface area contributed by atoms with Crippen LogP contribution in [0.1, 0.15) is 43.2 Å². The van der Waals surface area contributed by atoms with Crippen LogP contribution in [-0.2, 0) is 6.54 Å². The molecule has 0 atom stereocenters. The summed E-state index contributed by atoms with van der Waals surface area (Å²) in [6, 6.07) is 25.6. The molecule has 4 rings (SSSR count). The first-order chi connectivity index (χ1) is 15.0. The van der Waals surface area contributed by atoms with E-state index in [1.165, 1.54) is 0 Å². The van der Waals surface area contributed by atoms with E-state index < -0.39 is 0 Å². The highest BCUT2D eigenvalue weighted by molar-refractivity contribution is 6.10. The van der Waals surface area contributed by atoms with Crippen molar-refractivity contribution in [3.8, 4) is 0 Å². The normalized spacial score (nSPS) is 10.6. The maximum Gasteiger partial charge on any atom is 0.255 e. The van der Waals surface area contributed by atoms with Crippen molar-refractivity contribution in [2.24, 2.45) is 0 Å². The Labute approximate surface area is 181 Å². The van der Waals surface area contributed by atoms with E-state index in [9.17, 15) is 9.59 Å². The van der Waals surface area contributed by atoms with Gasteiger partial charge in [0, 0.05) is 28.1 Å². The minimum Gasteiger partial charge on any atom is -0.322 e. The number of nitrogens with one attached hydrogen (secondary N) is 1. The van der Waals surface area contributed by atoms with Gasteiger partial charge in [0.1, 0.15) is 0 Å². The summed E-state index contributed by atoms with van der Waals surface area (Å²) in [6.07, 6.45) is 0. The van der Waals surface area contributed by atoms with Crippen LogP contribution in [0, 0.1) is 13.8 Å². The molecule has 1 N–H and O–H groups in total. The Morgan fingerprint density at radius 1 is 0.806 bits per heavy atom. The fourth-order valence-corrected chi connectivity index (χ4v) is 3.52. The Balaban J connectivity index is 1.50. The molecule has 0 fully saturated rings. The summed E-state index contributed by atoms with van der Waals surface area (Å²) in [5.41, 5.74) is 5.31. The summed E-state index contributed by atoms with van der Waals surface area (Å²) in [4.78, 5) is 25.5. The van der Waals surface area contributed by atoms with E-state index in [1.54, 1.807) is 42.5 Å². The number of carbonyl (C=O) groups excluding carboxylic acids is 2. The number of aromatic nitrogens is 2. The average molecular weight is 409 g/mol. The molecule has 154 valence electrons. The number of aryl methyl sites for hydroxylation is 2. The molecule has 0 aliphatic heterocycles. The lowest BCUT2D eigenvalue weighted by molar-refractivity contribution is 0.102. The molecule has 0 saturated heterocycles. The van der Waals surface area contributed by atoms with Crippen LogP contribution in [0.15, 0.2) is 84.9 Å². The smallest absolute Gasteiger partial charge is 0.255 e. The summed E-state index contributed by atoms with van der Waals surface area (Å²) in [5, 5.41) is 7.38. The number of benzene rings is 3. The summed E-state index contributed by atoms with van der Waals surface area (Å²) < 4.78 is 1.92. The van der Waals surface area contributed by atoms with E-state index in [2.05, 4.69) is 10.4 Å². The van der Waals surface area contributed by atoms with Crippen LogP contribution in [0.25, 0.3) is 0 Å². The van der Waals surface area contributed by atoms with Crippen LogP contribution < -0.4 is 5.32 Å². The van der Waals surface area contributed by atoms with Gasteiger partial charge in [-0.3, -0.25) is 14.3 Å². The molecule has 5 nitrogen and oxygen atoms in total. The number of hydrogen-bond acceptors (Lipinski definition) is 3. The van der Waals surface area contributed by atoms with Gasteiger partial charge in [0.15, 0.2) is 5.78 Å². The van der Waals surface area contributed by atoms with Crippen molar-refractivity contribution in [3.63, 3.8) is 0 Å². The molecule has 1 aromatic heterocycles. The maximum absolute atomic E-state index is 12.8. The number of nitrogens with zero attached hydrogens (tertiary/aromatic N) is 2. The quantitative estimate of drug-likeness (QED) is 0.454. The zero-order chi connectivity index (χ0) is 21.8. The number of hydrogen-bond donors (Lipinski definition) is 1. The third-order valence-electron chi connectivity index (χ3n) is 5.04. The minimum atomic E-state index is -0.223. The SMILES string of the molecule is Cc1cc(C)n(Cc2cccc(C(=O)Nc3cccc(C(=O)c4ccccc4)c3)c2)n1. The van der Waals surface area contributed by atoms with Crippen LogP contribution in [-0.4, -0.2) is 21.5 Å². The predicted octanol–water partition coefficient (Wildman–Crippen LogP) is 5.03. The summed E-state index contributed by atoms with van der Waals surface area (Å²) in [6.45, 7) is 4.58. The van der Waals surface area contributed by atoms with Crippen LogP contribution in [0.4, 0.5) is 5.69 Å². The summed E-state index contributed by atoms with van der Waals surface area (Å²) in [7, 11) is 0. The van der Waals surface area contributed by atoms with Gasteiger partial charge in [0.05, 0.1) is 12.2 Å². The van der Waals surface area contributed by atoms with E-state index in [0.29, 0.717) is 28.9 Å². The second-order valence-corrected chi connectivity index (χ2v) is 7.52. The van der Waals surface area contributed by atoms with Crippen molar-refractivity contribution in [1.82, 2.24) is 9.78 Å². The fraction of sp³-hybridized carbons (Fsp3) is 0.115. The number of amides is 1. The number of anilines is 1. The van der Waals surface area contributed by atoms with Crippen molar-refractivity contribution in [3.05, 3.63) is 119 Å². The van der Waals surface area contributed by atoms with Gasteiger partial charge in [-0.05, 0) is 49.7 Å². The lowest BCUT2D eigenvalue weighted by Gasteiger charge is -2.09. The maximum atomic E-state index is 12.8. The van der Waals surface area contributed by atoms with E-state index in [0.717, 1.165) is 17.0 Å². The van der Waals surface area contributed by atoms with Gasteiger partial charge in [0.2, 0.25) is 0 Å². The number of rotatable bonds is 6. The Hall–Kier alpha value is -3.99. The van der Waals surface area contributed by atoms with E-state index in [-0.39, 0.29) is 11.7 Å². The Bertz CT molecular complexity index is 1240. The molecular weight excluding hydrogens is 386 g/mol. The summed E-state index contributed by atoms with van der Waals surface area (Å²) in [5.74, 6) is -0.303.